The van der Waals surface area contributed by atoms with E-state index in [2.05, 4.69) is 26.0 Å². The summed E-state index contributed by atoms with van der Waals surface area (Å²) in [7, 11) is 0. The van der Waals surface area contributed by atoms with Crippen molar-refractivity contribution in [2.24, 2.45) is 5.92 Å². The molecule has 0 N–H and O–H groups in total. The van der Waals surface area contributed by atoms with Crippen molar-refractivity contribution in [2.75, 3.05) is 0 Å². The summed E-state index contributed by atoms with van der Waals surface area (Å²) in [5, 5.41) is 0. The molecule has 1 unspecified atom stereocenters. The Morgan fingerprint density at radius 2 is 2.25 bits per heavy atom. The molecule has 1 radical (unpaired) electrons. The van der Waals surface area contributed by atoms with Gasteiger partial charge in [-0.2, -0.15) is 0 Å². The van der Waals surface area contributed by atoms with Crippen LogP contribution in [-0.2, 0) is 0 Å². The maximum Gasteiger partial charge on any atom is -0.0322 e. The highest BCUT2D eigenvalue weighted by molar-refractivity contribution is 4.80. The lowest BCUT2D eigenvalue weighted by atomic mass is 10.1. The Hall–Kier alpha value is -0.260. The molecule has 0 fully saturated rings. The molecule has 0 aliphatic heterocycles. The van der Waals surface area contributed by atoms with Gasteiger partial charge >= 0.3 is 0 Å². The normalized spacial score (nSPS) is 14.9. The van der Waals surface area contributed by atoms with Gasteiger partial charge < -0.3 is 0 Å². The lowest BCUT2D eigenvalue weighted by Crippen LogP contribution is -1.87. The molecule has 0 aromatic carbocycles. The van der Waals surface area contributed by atoms with Crippen LogP contribution in [-0.4, -0.2) is 0 Å². The van der Waals surface area contributed by atoms with Gasteiger partial charge in [0.05, 0.1) is 0 Å². The Morgan fingerprint density at radius 3 is 2.62 bits per heavy atom. The second-order valence-corrected chi connectivity index (χ2v) is 2.08. The van der Waals surface area contributed by atoms with Crippen molar-refractivity contribution in [3.05, 3.63) is 19.1 Å². The molecule has 0 amide bonds. The lowest BCUT2D eigenvalue weighted by molar-refractivity contribution is 0.634. The lowest BCUT2D eigenvalue weighted by Gasteiger charge is -2.00. The third kappa shape index (κ3) is 3.91. The van der Waals surface area contributed by atoms with Gasteiger partial charge in [-0.15, -0.1) is 0 Å². The molecule has 0 aliphatic carbocycles. The molecule has 0 saturated carbocycles. The summed E-state index contributed by atoms with van der Waals surface area (Å²) in [6, 6.07) is 0. The molecule has 0 spiro atoms. The molecule has 1 atom stereocenters. The first-order valence-electron chi connectivity index (χ1n) is 3.25. The number of allylic oxidation sites excluding steroid dienone is 2. The first-order chi connectivity index (χ1) is 3.81. The Morgan fingerprint density at radius 1 is 1.62 bits per heavy atom. The van der Waals surface area contributed by atoms with Crippen LogP contribution in [0.1, 0.15) is 26.7 Å². The summed E-state index contributed by atoms with van der Waals surface area (Å²) < 4.78 is 0. The van der Waals surface area contributed by atoms with E-state index < -0.39 is 0 Å². The van der Waals surface area contributed by atoms with Crippen LogP contribution >= 0.6 is 0 Å². The first-order valence-corrected chi connectivity index (χ1v) is 3.25. The van der Waals surface area contributed by atoms with Gasteiger partial charge in [-0.25, -0.2) is 0 Å². The first kappa shape index (κ1) is 7.74. The fraction of sp³-hybridized carbons (Fsp3) is 0.625. The van der Waals surface area contributed by atoms with Crippen molar-refractivity contribution in [2.45, 2.75) is 26.7 Å². The van der Waals surface area contributed by atoms with Gasteiger partial charge in [-0.1, -0.05) is 25.5 Å². The molecular weight excluding hydrogens is 96.1 g/mol. The van der Waals surface area contributed by atoms with E-state index >= 15 is 0 Å². The zero-order chi connectivity index (χ0) is 6.41. The summed E-state index contributed by atoms with van der Waals surface area (Å²) >= 11 is 0. The van der Waals surface area contributed by atoms with Crippen molar-refractivity contribution in [3.8, 4) is 0 Å². The van der Waals surface area contributed by atoms with Crippen molar-refractivity contribution in [3.63, 3.8) is 0 Å². The van der Waals surface area contributed by atoms with Crippen LogP contribution in [0.3, 0.4) is 0 Å². The van der Waals surface area contributed by atoms with Crippen LogP contribution in [0.4, 0.5) is 0 Å². The maximum absolute atomic E-state index is 3.94. The van der Waals surface area contributed by atoms with E-state index in [1.807, 2.05) is 6.92 Å². The van der Waals surface area contributed by atoms with E-state index in [1.165, 1.54) is 6.42 Å². The highest BCUT2D eigenvalue weighted by Gasteiger charge is 1.91. The molecule has 8 heavy (non-hydrogen) atoms. The number of rotatable bonds is 3. The van der Waals surface area contributed by atoms with Crippen LogP contribution in [0.25, 0.3) is 0 Å². The Labute approximate surface area is 52.6 Å². The SMILES string of the molecule is [CH2]C(CC)CC=CC. The van der Waals surface area contributed by atoms with Crippen molar-refractivity contribution < 1.29 is 0 Å². The maximum atomic E-state index is 3.94. The molecule has 0 saturated heterocycles. The van der Waals surface area contributed by atoms with Crippen LogP contribution in [0.15, 0.2) is 12.2 Å². The van der Waals surface area contributed by atoms with Gasteiger partial charge in [0.1, 0.15) is 0 Å². The molecule has 47 valence electrons. The topological polar surface area (TPSA) is 0 Å². The minimum atomic E-state index is 0.617. The quantitative estimate of drug-likeness (QED) is 0.491. The smallest absolute Gasteiger partial charge is 0.0322 e. The summed E-state index contributed by atoms with van der Waals surface area (Å²) in [5.41, 5.74) is 0. The molecule has 0 aromatic heterocycles. The Balaban J connectivity index is 3.10. The molecule has 0 rings (SSSR count). The molecule has 0 heterocycles. The van der Waals surface area contributed by atoms with Crippen LogP contribution < -0.4 is 0 Å². The van der Waals surface area contributed by atoms with Gasteiger partial charge in [0, 0.05) is 0 Å². The van der Waals surface area contributed by atoms with Gasteiger partial charge in [0.25, 0.3) is 0 Å². The predicted molar refractivity (Wildman–Crippen MR) is 38.6 cm³/mol. The van der Waals surface area contributed by atoms with Gasteiger partial charge in [0.15, 0.2) is 0 Å². The van der Waals surface area contributed by atoms with E-state index in [1.54, 1.807) is 0 Å². The Kier molecular flexibility index (Phi) is 4.73. The second kappa shape index (κ2) is 4.89. The minimum Gasteiger partial charge on any atom is -0.0917 e. The summed E-state index contributed by atoms with van der Waals surface area (Å²) in [6.45, 7) is 8.15. The molecule has 0 heteroatoms. The molecule has 0 bridgehead atoms. The zero-order valence-electron chi connectivity index (χ0n) is 5.85. The van der Waals surface area contributed by atoms with E-state index in [0.717, 1.165) is 6.42 Å². The largest absolute Gasteiger partial charge is 0.0917 e. The van der Waals surface area contributed by atoms with E-state index in [0.29, 0.717) is 5.92 Å². The third-order valence-electron chi connectivity index (χ3n) is 1.28. The second-order valence-electron chi connectivity index (χ2n) is 2.08. The number of hydrogen-bond donors (Lipinski definition) is 0. The average Bonchev–Trinajstić information content (AvgIpc) is 1.83. The summed E-state index contributed by atoms with van der Waals surface area (Å²) in [6.07, 6.45) is 6.56. The van der Waals surface area contributed by atoms with Gasteiger partial charge in [-0.05, 0) is 26.2 Å². The van der Waals surface area contributed by atoms with E-state index in [9.17, 15) is 0 Å². The van der Waals surface area contributed by atoms with Crippen molar-refractivity contribution in [1.82, 2.24) is 0 Å². The molecule has 0 nitrogen and oxygen atoms in total. The molecular formula is C8H15. The van der Waals surface area contributed by atoms with Crippen LogP contribution in [0.2, 0.25) is 0 Å². The fourth-order valence-electron chi connectivity index (χ4n) is 0.495. The standard InChI is InChI=1S/C8H15/c1-4-6-7-8(3)5-2/h4,6,8H,3,5,7H2,1-2H3. The van der Waals surface area contributed by atoms with Crippen LogP contribution in [0.5, 0.6) is 0 Å². The summed E-state index contributed by atoms with van der Waals surface area (Å²) in [4.78, 5) is 0. The number of hydrogen-bond acceptors (Lipinski definition) is 0. The van der Waals surface area contributed by atoms with Gasteiger partial charge in [-0.3, -0.25) is 0 Å². The fourth-order valence-corrected chi connectivity index (χ4v) is 0.495. The predicted octanol–water partition coefficient (Wildman–Crippen LogP) is 2.81. The Bertz CT molecular complexity index is 62.4. The van der Waals surface area contributed by atoms with Crippen LogP contribution in [0, 0.1) is 12.8 Å². The van der Waals surface area contributed by atoms with Crippen molar-refractivity contribution >= 4 is 0 Å². The third-order valence-corrected chi connectivity index (χ3v) is 1.28. The van der Waals surface area contributed by atoms with E-state index in [4.69, 9.17) is 0 Å². The highest BCUT2D eigenvalue weighted by atomic mass is 14.0. The average molecular weight is 111 g/mol. The highest BCUT2D eigenvalue weighted by Crippen LogP contribution is 2.05. The minimum absolute atomic E-state index is 0.617. The van der Waals surface area contributed by atoms with Gasteiger partial charge in [0.2, 0.25) is 0 Å². The van der Waals surface area contributed by atoms with E-state index in [-0.39, 0.29) is 0 Å². The monoisotopic (exact) mass is 111 g/mol. The zero-order valence-corrected chi connectivity index (χ0v) is 5.85. The van der Waals surface area contributed by atoms with Crippen molar-refractivity contribution in [1.29, 1.82) is 0 Å². The summed E-state index contributed by atoms with van der Waals surface area (Å²) in [5.74, 6) is 0.617. The molecule has 0 aliphatic rings. The molecule has 0 aromatic rings.